The molecular weight excluding hydrogens is 773 g/mol. The van der Waals surface area contributed by atoms with E-state index in [2.05, 4.69) is 110 Å². The Morgan fingerprint density at radius 3 is 1.59 bits per heavy atom. The number of allylic oxidation sites excluding steroid dienone is 19. The molecule has 0 heterocycles. The molecule has 4 atom stereocenters. The van der Waals surface area contributed by atoms with Crippen LogP contribution in [0.1, 0.15) is 110 Å². The molecule has 0 aromatic carbocycles. The largest absolute Gasteiger partial charge is 0.480 e. The average molecular weight is 844 g/mol. The number of phosphoric ester groups is 1. The van der Waals surface area contributed by atoms with Gasteiger partial charge in [0.1, 0.15) is 12.6 Å². The monoisotopic (exact) mass is 843 g/mol. The summed E-state index contributed by atoms with van der Waals surface area (Å²) in [5.74, 6) is -2.76. The van der Waals surface area contributed by atoms with Gasteiger partial charge in [-0.1, -0.05) is 135 Å². The first-order chi connectivity index (χ1) is 28.5. The van der Waals surface area contributed by atoms with Gasteiger partial charge in [0, 0.05) is 12.8 Å². The number of hydrogen-bond donors (Lipinski definition) is 4. The van der Waals surface area contributed by atoms with Gasteiger partial charge in [-0.2, -0.15) is 0 Å². The fourth-order valence-corrected chi connectivity index (χ4v) is 5.35. The maximum absolute atomic E-state index is 12.6. The number of esters is 2. The Balaban J connectivity index is 4.72. The van der Waals surface area contributed by atoms with E-state index in [9.17, 15) is 28.9 Å². The molecule has 0 rings (SSSR count). The molecule has 0 spiro atoms. The number of phosphoric acid groups is 1. The molecule has 0 saturated heterocycles. The van der Waals surface area contributed by atoms with Gasteiger partial charge in [-0.25, -0.2) is 4.57 Å². The molecule has 0 aromatic heterocycles. The van der Waals surface area contributed by atoms with E-state index in [0.717, 1.165) is 70.6 Å². The molecule has 13 heteroatoms. The third-order valence-electron chi connectivity index (χ3n) is 7.82. The molecule has 0 aliphatic carbocycles. The maximum atomic E-state index is 12.6. The topological polar surface area (TPSA) is 192 Å². The van der Waals surface area contributed by atoms with Crippen LogP contribution in [0, 0.1) is 0 Å². The molecule has 12 nitrogen and oxygen atoms in total. The second-order valence-corrected chi connectivity index (χ2v) is 14.7. The fraction of sp³-hybridized carbons (Fsp3) is 0.500. The molecule has 330 valence electrons. The summed E-state index contributed by atoms with van der Waals surface area (Å²) in [6.45, 7) is 2.24. The summed E-state index contributed by atoms with van der Waals surface area (Å²) in [5, 5.41) is 19.1. The standard InChI is InChI=1S/C46H70NO11P/c1-3-5-7-9-11-13-15-17-19-21-22-24-26-28-30-32-34-41(48)36-37-44(49)55-38-42(39-56-59(53,54)57-40-43(47)46(51)52)58-45(50)35-33-31-29-27-25-23-20-18-16-14-12-10-8-6-4-2/h5-8,11-14,17-20,22,24-25,27-28,30,32,34,41-43,48H,3-4,9-10,15-16,21,23,26,29,31,33,35-40,47H2,1-2H3,(H,51,52)(H,53,54)/b7-5-,8-6-,13-11-,14-12-,19-17-,20-18-,24-22-,27-25-,30-28-,34-32-/t41?,42-,43+/m1/s1. The summed E-state index contributed by atoms with van der Waals surface area (Å²) in [6, 6.07) is -1.57. The summed E-state index contributed by atoms with van der Waals surface area (Å²) >= 11 is 0. The van der Waals surface area contributed by atoms with Crippen molar-refractivity contribution in [3.05, 3.63) is 122 Å². The van der Waals surface area contributed by atoms with E-state index in [1.807, 2.05) is 18.2 Å². The summed E-state index contributed by atoms with van der Waals surface area (Å²) in [6.07, 6.45) is 48.9. The van der Waals surface area contributed by atoms with Gasteiger partial charge < -0.3 is 30.3 Å². The predicted molar refractivity (Wildman–Crippen MR) is 236 cm³/mol. The van der Waals surface area contributed by atoms with Gasteiger partial charge in [-0.05, 0) is 83.5 Å². The van der Waals surface area contributed by atoms with Gasteiger partial charge in [0.25, 0.3) is 0 Å². The quantitative estimate of drug-likeness (QED) is 0.0154. The molecule has 0 bridgehead atoms. The highest BCUT2D eigenvalue weighted by Gasteiger charge is 2.28. The second kappa shape index (κ2) is 39.3. The number of carboxylic acids is 1. The summed E-state index contributed by atoms with van der Waals surface area (Å²) < 4.78 is 32.4. The highest BCUT2D eigenvalue weighted by Crippen LogP contribution is 2.43. The van der Waals surface area contributed by atoms with E-state index in [-0.39, 0.29) is 19.3 Å². The van der Waals surface area contributed by atoms with Gasteiger partial charge in [-0.15, -0.1) is 0 Å². The third kappa shape index (κ3) is 39.1. The lowest BCUT2D eigenvalue weighted by Gasteiger charge is -2.20. The van der Waals surface area contributed by atoms with Crippen molar-refractivity contribution in [2.24, 2.45) is 5.73 Å². The van der Waals surface area contributed by atoms with Crippen LogP contribution in [0.4, 0.5) is 0 Å². The van der Waals surface area contributed by atoms with E-state index in [4.69, 9.17) is 24.8 Å². The highest BCUT2D eigenvalue weighted by atomic mass is 31.2. The Kier molecular flexibility index (Phi) is 36.5. The second-order valence-electron chi connectivity index (χ2n) is 13.2. The number of aliphatic carboxylic acids is 1. The highest BCUT2D eigenvalue weighted by molar-refractivity contribution is 7.47. The first-order valence-electron chi connectivity index (χ1n) is 20.7. The zero-order chi connectivity index (χ0) is 43.7. The van der Waals surface area contributed by atoms with Crippen LogP contribution in [0.25, 0.3) is 0 Å². The number of carbonyl (C=O) groups excluding carboxylic acids is 2. The van der Waals surface area contributed by atoms with Gasteiger partial charge in [0.2, 0.25) is 0 Å². The average Bonchev–Trinajstić information content (AvgIpc) is 3.21. The lowest BCUT2D eigenvalue weighted by molar-refractivity contribution is -0.161. The molecule has 0 aromatic rings. The van der Waals surface area contributed by atoms with E-state index in [0.29, 0.717) is 6.42 Å². The van der Waals surface area contributed by atoms with E-state index in [1.165, 1.54) is 0 Å². The fourth-order valence-electron chi connectivity index (χ4n) is 4.57. The minimum absolute atomic E-state index is 0.0507. The van der Waals surface area contributed by atoms with Crippen LogP contribution in [0.2, 0.25) is 0 Å². The molecule has 0 saturated carbocycles. The van der Waals surface area contributed by atoms with Crippen LogP contribution in [-0.2, 0) is 37.5 Å². The SMILES string of the molecule is CC/C=C\C/C=C\C/C=C\C/C=C\C/C=C\C=C/C(O)CCC(=O)OC[C@H](COP(=O)(O)OC[C@H](N)C(=O)O)OC(=O)CCCC/C=C\C/C=C\C/C=C\C/C=C\CC. The number of hydrogen-bond acceptors (Lipinski definition) is 10. The molecule has 0 fully saturated rings. The number of carboxylic acid groups (broad SMARTS) is 1. The first-order valence-corrected chi connectivity index (χ1v) is 22.2. The van der Waals surface area contributed by atoms with Crippen molar-refractivity contribution in [3.63, 3.8) is 0 Å². The van der Waals surface area contributed by atoms with Gasteiger partial charge in [0.05, 0.1) is 19.3 Å². The number of aliphatic hydroxyl groups excluding tert-OH is 1. The predicted octanol–water partition coefficient (Wildman–Crippen LogP) is 9.80. The van der Waals surface area contributed by atoms with Crippen molar-refractivity contribution >= 4 is 25.7 Å². The maximum Gasteiger partial charge on any atom is 0.472 e. The number of aliphatic hydroxyl groups is 1. The Morgan fingerprint density at radius 1 is 0.610 bits per heavy atom. The lowest BCUT2D eigenvalue weighted by atomic mass is 10.2. The Morgan fingerprint density at radius 2 is 1.08 bits per heavy atom. The summed E-state index contributed by atoms with van der Waals surface area (Å²) in [4.78, 5) is 45.9. The number of rotatable bonds is 36. The van der Waals surface area contributed by atoms with E-state index >= 15 is 0 Å². The number of unbranched alkanes of at least 4 members (excludes halogenated alkanes) is 2. The van der Waals surface area contributed by atoms with Gasteiger partial charge >= 0.3 is 25.7 Å². The van der Waals surface area contributed by atoms with Crippen LogP contribution < -0.4 is 5.73 Å². The number of nitrogens with two attached hydrogens (primary N) is 1. The third-order valence-corrected chi connectivity index (χ3v) is 8.77. The van der Waals surface area contributed by atoms with Crippen LogP contribution in [-0.4, -0.2) is 71.1 Å². The van der Waals surface area contributed by atoms with E-state index < -0.39 is 63.8 Å². The minimum Gasteiger partial charge on any atom is -0.480 e. The normalized spacial score (nSPS) is 15.5. The minimum atomic E-state index is -4.79. The molecule has 5 N–H and O–H groups in total. The van der Waals surface area contributed by atoms with Crippen LogP contribution in [0.5, 0.6) is 0 Å². The van der Waals surface area contributed by atoms with Gasteiger partial charge in [-0.3, -0.25) is 23.4 Å². The van der Waals surface area contributed by atoms with Gasteiger partial charge in [0.15, 0.2) is 6.10 Å². The molecule has 0 radical (unpaired) electrons. The summed E-state index contributed by atoms with van der Waals surface area (Å²) in [5.41, 5.74) is 5.31. The number of carbonyl (C=O) groups is 3. The van der Waals surface area contributed by atoms with Crippen LogP contribution in [0.15, 0.2) is 122 Å². The zero-order valence-corrected chi connectivity index (χ0v) is 36.0. The van der Waals surface area contributed by atoms with E-state index in [1.54, 1.807) is 12.2 Å². The molecule has 2 unspecified atom stereocenters. The molecule has 59 heavy (non-hydrogen) atoms. The number of ether oxygens (including phenoxy) is 2. The van der Waals surface area contributed by atoms with Crippen molar-refractivity contribution in [2.45, 2.75) is 128 Å². The summed E-state index contributed by atoms with van der Waals surface area (Å²) in [7, 11) is -4.79. The zero-order valence-electron chi connectivity index (χ0n) is 35.1. The van der Waals surface area contributed by atoms with Crippen molar-refractivity contribution in [1.82, 2.24) is 0 Å². The van der Waals surface area contributed by atoms with Crippen LogP contribution >= 0.6 is 7.82 Å². The molecule has 0 aliphatic heterocycles. The van der Waals surface area contributed by atoms with Crippen molar-refractivity contribution < 1.29 is 52.6 Å². The van der Waals surface area contributed by atoms with Crippen molar-refractivity contribution in [1.29, 1.82) is 0 Å². The first kappa shape index (κ1) is 54.8. The Bertz CT molecular complexity index is 1470. The molecule has 0 amide bonds. The molecule has 0 aliphatic rings. The van der Waals surface area contributed by atoms with Crippen LogP contribution in [0.3, 0.4) is 0 Å². The van der Waals surface area contributed by atoms with Crippen molar-refractivity contribution in [3.8, 4) is 0 Å². The Hall–Kier alpha value is -4.16. The molecular formula is C46H70NO11P. The Labute approximate surface area is 352 Å². The van der Waals surface area contributed by atoms with Crippen molar-refractivity contribution in [2.75, 3.05) is 19.8 Å². The lowest BCUT2D eigenvalue weighted by Crippen LogP contribution is -2.34. The smallest absolute Gasteiger partial charge is 0.472 e.